The van der Waals surface area contributed by atoms with Crippen LogP contribution >= 0.6 is 15.9 Å². The Balaban J connectivity index is 1.44. The van der Waals surface area contributed by atoms with Crippen molar-refractivity contribution in [2.45, 2.75) is 6.92 Å². The van der Waals surface area contributed by atoms with Gasteiger partial charge in [0.1, 0.15) is 28.8 Å². The smallest absolute Gasteiger partial charge is 0.145 e. The van der Waals surface area contributed by atoms with E-state index in [4.69, 9.17) is 13.9 Å². The summed E-state index contributed by atoms with van der Waals surface area (Å²) in [7, 11) is 1.63. The maximum absolute atomic E-state index is 5.92. The molecular formula is C25H20BrNO3. The van der Waals surface area contributed by atoms with E-state index in [1.54, 1.807) is 13.3 Å². The molecular weight excluding hydrogens is 442 g/mol. The number of rotatable bonds is 6. The number of methoxy groups -OCH3 is 1. The van der Waals surface area contributed by atoms with Gasteiger partial charge in [0.2, 0.25) is 0 Å². The summed E-state index contributed by atoms with van der Waals surface area (Å²) in [5.41, 5.74) is 3.01. The van der Waals surface area contributed by atoms with Gasteiger partial charge in [0.05, 0.1) is 19.0 Å². The highest BCUT2D eigenvalue weighted by molar-refractivity contribution is 9.10. The zero-order valence-corrected chi connectivity index (χ0v) is 18.2. The molecule has 0 aliphatic rings. The van der Waals surface area contributed by atoms with Gasteiger partial charge in [0, 0.05) is 16.1 Å². The molecule has 0 amide bonds. The van der Waals surface area contributed by atoms with E-state index < -0.39 is 0 Å². The molecule has 0 radical (unpaired) electrons. The Morgan fingerprint density at radius 2 is 1.67 bits per heavy atom. The van der Waals surface area contributed by atoms with Gasteiger partial charge >= 0.3 is 0 Å². The van der Waals surface area contributed by atoms with Crippen LogP contribution in [0.1, 0.15) is 11.3 Å². The van der Waals surface area contributed by atoms with Crippen LogP contribution in [0.4, 0.5) is 5.69 Å². The van der Waals surface area contributed by atoms with Gasteiger partial charge in [-0.1, -0.05) is 28.1 Å². The summed E-state index contributed by atoms with van der Waals surface area (Å²) in [6.45, 7) is 2.06. The summed E-state index contributed by atoms with van der Waals surface area (Å²) in [5, 5.41) is 0. The highest BCUT2D eigenvalue weighted by Gasteiger charge is 2.08. The number of hydrogen-bond donors (Lipinski definition) is 0. The Morgan fingerprint density at radius 3 is 2.43 bits per heavy atom. The number of halogens is 1. The van der Waals surface area contributed by atoms with E-state index in [2.05, 4.69) is 40.0 Å². The molecule has 0 aliphatic carbocycles. The van der Waals surface area contributed by atoms with Crippen LogP contribution in [0.2, 0.25) is 0 Å². The molecule has 5 heteroatoms. The van der Waals surface area contributed by atoms with Crippen molar-refractivity contribution < 1.29 is 13.9 Å². The fraction of sp³-hybridized carbons (Fsp3) is 0.0800. The van der Waals surface area contributed by atoms with Crippen LogP contribution in [0.25, 0.3) is 11.3 Å². The number of aliphatic imine (C=N–C) groups is 1. The molecule has 30 heavy (non-hydrogen) atoms. The topological polar surface area (TPSA) is 44.0 Å². The summed E-state index contributed by atoms with van der Waals surface area (Å²) >= 11 is 3.59. The molecule has 1 aromatic heterocycles. The summed E-state index contributed by atoms with van der Waals surface area (Å²) in [6, 6.07) is 25.1. The van der Waals surface area contributed by atoms with E-state index in [9.17, 15) is 0 Å². The molecule has 4 rings (SSSR count). The minimum Gasteiger partial charge on any atom is -0.497 e. The fourth-order valence-corrected chi connectivity index (χ4v) is 3.61. The van der Waals surface area contributed by atoms with Gasteiger partial charge in [-0.25, -0.2) is 0 Å². The Morgan fingerprint density at radius 1 is 0.867 bits per heavy atom. The number of furan rings is 1. The largest absolute Gasteiger partial charge is 0.497 e. The molecule has 4 aromatic rings. The lowest BCUT2D eigenvalue weighted by Crippen LogP contribution is -1.86. The van der Waals surface area contributed by atoms with Gasteiger partial charge in [-0.3, -0.25) is 4.99 Å². The van der Waals surface area contributed by atoms with Gasteiger partial charge in [-0.2, -0.15) is 0 Å². The molecule has 0 saturated heterocycles. The van der Waals surface area contributed by atoms with Crippen LogP contribution in [0.5, 0.6) is 17.2 Å². The lowest BCUT2D eigenvalue weighted by Gasteiger charge is -2.07. The molecule has 0 fully saturated rings. The van der Waals surface area contributed by atoms with Crippen molar-refractivity contribution in [1.82, 2.24) is 0 Å². The molecule has 3 aromatic carbocycles. The number of nitrogens with zero attached hydrogens (tertiary/aromatic N) is 1. The third-order valence-electron chi connectivity index (χ3n) is 4.47. The van der Waals surface area contributed by atoms with Crippen LogP contribution in [-0.2, 0) is 0 Å². The summed E-state index contributed by atoms with van der Waals surface area (Å²) in [6.07, 6.45) is 1.71. The number of aryl methyl sites for hydroxylation is 1. The Bertz CT molecular complexity index is 1180. The van der Waals surface area contributed by atoms with E-state index in [1.807, 2.05) is 66.7 Å². The van der Waals surface area contributed by atoms with Crippen LogP contribution in [0.15, 0.2) is 92.7 Å². The van der Waals surface area contributed by atoms with E-state index in [0.717, 1.165) is 38.7 Å². The minimum atomic E-state index is 0.689. The van der Waals surface area contributed by atoms with Crippen LogP contribution < -0.4 is 9.47 Å². The fourth-order valence-electron chi connectivity index (χ4n) is 2.93. The standard InChI is InChI=1S/C25H20BrNO3/c1-17-6-12-23(24(26)14-17)25-13-11-22(30-25)16-27-18-7-9-19(10-8-18)29-21-5-3-4-20(15-21)28-2/h3-16H,1-2H3. The third kappa shape index (κ3) is 4.81. The average molecular weight is 462 g/mol. The SMILES string of the molecule is COc1cccc(Oc2ccc(N=Cc3ccc(-c4ccc(C)cc4Br)o3)cc2)c1. The molecule has 0 N–H and O–H groups in total. The van der Waals surface area contributed by atoms with Crippen LogP contribution in [0.3, 0.4) is 0 Å². The second-order valence-corrected chi connectivity index (χ2v) is 7.57. The van der Waals surface area contributed by atoms with Gasteiger partial charge in [-0.15, -0.1) is 0 Å². The summed E-state index contributed by atoms with van der Waals surface area (Å²) < 4.78 is 18.0. The van der Waals surface area contributed by atoms with Gasteiger partial charge in [0.15, 0.2) is 0 Å². The van der Waals surface area contributed by atoms with Crippen molar-refractivity contribution in [2.24, 2.45) is 4.99 Å². The molecule has 0 aliphatic heterocycles. The van der Waals surface area contributed by atoms with Crippen molar-refractivity contribution in [2.75, 3.05) is 7.11 Å². The number of benzene rings is 3. The summed E-state index contributed by atoms with van der Waals surface area (Å²) in [4.78, 5) is 4.49. The zero-order chi connectivity index (χ0) is 20.9. The number of hydrogen-bond acceptors (Lipinski definition) is 4. The van der Waals surface area contributed by atoms with Gasteiger partial charge < -0.3 is 13.9 Å². The molecule has 0 bridgehead atoms. The lowest BCUT2D eigenvalue weighted by atomic mass is 10.1. The molecule has 0 saturated carbocycles. The van der Waals surface area contributed by atoms with Crippen LogP contribution in [-0.4, -0.2) is 13.3 Å². The minimum absolute atomic E-state index is 0.689. The van der Waals surface area contributed by atoms with Crippen LogP contribution in [0, 0.1) is 6.92 Å². The maximum atomic E-state index is 5.92. The third-order valence-corrected chi connectivity index (χ3v) is 5.13. The van der Waals surface area contributed by atoms with Crippen molar-refractivity contribution in [3.8, 4) is 28.6 Å². The molecule has 150 valence electrons. The van der Waals surface area contributed by atoms with Crippen molar-refractivity contribution in [1.29, 1.82) is 0 Å². The predicted molar refractivity (Wildman–Crippen MR) is 123 cm³/mol. The molecule has 4 nitrogen and oxygen atoms in total. The second kappa shape index (κ2) is 9.01. The molecule has 0 atom stereocenters. The number of ether oxygens (including phenoxy) is 2. The van der Waals surface area contributed by atoms with E-state index in [1.165, 1.54) is 5.56 Å². The molecule has 0 unspecified atom stereocenters. The average Bonchev–Trinajstić information content (AvgIpc) is 3.22. The van der Waals surface area contributed by atoms with E-state index in [-0.39, 0.29) is 0 Å². The molecule has 0 spiro atoms. The highest BCUT2D eigenvalue weighted by Crippen LogP contribution is 2.30. The Kier molecular flexibility index (Phi) is 6.00. The first-order valence-corrected chi connectivity index (χ1v) is 10.2. The highest BCUT2D eigenvalue weighted by atomic mass is 79.9. The van der Waals surface area contributed by atoms with Crippen molar-refractivity contribution in [3.63, 3.8) is 0 Å². The Labute approximate surface area is 183 Å². The second-order valence-electron chi connectivity index (χ2n) is 6.72. The first-order valence-electron chi connectivity index (χ1n) is 9.43. The van der Waals surface area contributed by atoms with Gasteiger partial charge in [-0.05, 0) is 73.2 Å². The molecule has 1 heterocycles. The quantitative estimate of drug-likeness (QED) is 0.278. The van der Waals surface area contributed by atoms with E-state index >= 15 is 0 Å². The first-order chi connectivity index (χ1) is 14.6. The predicted octanol–water partition coefficient (Wildman–Crippen LogP) is 7.57. The van der Waals surface area contributed by atoms with Gasteiger partial charge in [0.25, 0.3) is 0 Å². The monoisotopic (exact) mass is 461 g/mol. The Hall–Kier alpha value is -3.31. The van der Waals surface area contributed by atoms with Crippen molar-refractivity contribution >= 4 is 27.8 Å². The van der Waals surface area contributed by atoms with E-state index in [0.29, 0.717) is 5.76 Å². The summed E-state index contributed by atoms with van der Waals surface area (Å²) in [5.74, 6) is 3.69. The van der Waals surface area contributed by atoms with Crippen molar-refractivity contribution in [3.05, 3.63) is 94.7 Å². The maximum Gasteiger partial charge on any atom is 0.145 e. The first kappa shape index (κ1) is 20.0. The normalized spacial score (nSPS) is 11.0. The lowest BCUT2D eigenvalue weighted by molar-refractivity contribution is 0.409. The zero-order valence-electron chi connectivity index (χ0n) is 16.6.